The molecule has 0 aliphatic rings. The summed E-state index contributed by atoms with van der Waals surface area (Å²) in [6.07, 6.45) is 4.68. The van der Waals surface area contributed by atoms with E-state index in [9.17, 15) is 5.11 Å². The van der Waals surface area contributed by atoms with Gasteiger partial charge in [0.1, 0.15) is 25.4 Å². The summed E-state index contributed by atoms with van der Waals surface area (Å²) in [6.45, 7) is 4.16. The van der Waals surface area contributed by atoms with Crippen LogP contribution >= 0.6 is 27.7 Å². The summed E-state index contributed by atoms with van der Waals surface area (Å²) in [5, 5.41) is 19.4. The van der Waals surface area contributed by atoms with Gasteiger partial charge in [0, 0.05) is 20.5 Å². The molecule has 130 valence electrons. The predicted molar refractivity (Wildman–Crippen MR) is 99.1 cm³/mol. The van der Waals surface area contributed by atoms with Crippen LogP contribution in [0.4, 0.5) is 0 Å². The minimum atomic E-state index is -1.10. The predicted octanol–water partition coefficient (Wildman–Crippen LogP) is 3.22. The summed E-state index contributed by atoms with van der Waals surface area (Å²) in [6, 6.07) is 7.99. The molecule has 0 fully saturated rings. The number of thioether (sulfide) groups is 1. The Morgan fingerprint density at radius 1 is 1.38 bits per heavy atom. The maximum Gasteiger partial charge on any atom is 0.137 e. The molecular weight excluding hydrogens is 392 g/mol. The molecule has 1 unspecified atom stereocenters. The largest absolute Gasteiger partial charge is 0.399 e. The first kappa shape index (κ1) is 19.0. The van der Waals surface area contributed by atoms with Gasteiger partial charge in [-0.05, 0) is 24.3 Å². The van der Waals surface area contributed by atoms with Crippen molar-refractivity contribution in [3.63, 3.8) is 0 Å². The van der Waals surface area contributed by atoms with Gasteiger partial charge in [-0.2, -0.15) is 5.10 Å². The molecule has 2 aromatic rings. The average Bonchev–Trinajstić information content (AvgIpc) is 3.05. The number of halogens is 1. The molecule has 1 heterocycles. The van der Waals surface area contributed by atoms with E-state index in [-0.39, 0.29) is 0 Å². The Morgan fingerprint density at radius 2 is 2.08 bits per heavy atom. The van der Waals surface area contributed by atoms with Gasteiger partial charge in [0.15, 0.2) is 0 Å². The zero-order valence-electron chi connectivity index (χ0n) is 13.9. The monoisotopic (exact) mass is 412 g/mol. The van der Waals surface area contributed by atoms with Crippen LogP contribution in [0, 0.1) is 5.41 Å². The molecule has 0 saturated carbocycles. The first-order valence-electron chi connectivity index (χ1n) is 7.37. The van der Waals surface area contributed by atoms with E-state index in [0.29, 0.717) is 12.3 Å². The number of aromatic nitrogens is 3. The summed E-state index contributed by atoms with van der Waals surface area (Å²) >= 11 is 5.01. The van der Waals surface area contributed by atoms with Gasteiger partial charge in [-0.1, -0.05) is 34.9 Å². The number of hydrogen-bond acceptors (Lipinski definition) is 6. The Kier molecular flexibility index (Phi) is 6.42. The molecule has 0 radical (unpaired) electrons. The standard InChI is InChI=1S/C16H21BrN4O2S/c1-15(2,8-20-23-3)16(22,9-21-12-18-11-19-21)10-24-14-6-4-13(17)5-7-14/h4-8,11-12,22H,9-10H2,1-3H3. The second-order valence-corrected chi connectivity index (χ2v) is 7.97. The summed E-state index contributed by atoms with van der Waals surface area (Å²) < 4.78 is 2.65. The summed E-state index contributed by atoms with van der Waals surface area (Å²) in [7, 11) is 1.49. The number of benzene rings is 1. The molecule has 0 bridgehead atoms. The van der Waals surface area contributed by atoms with Crippen LogP contribution in [0.25, 0.3) is 0 Å². The lowest BCUT2D eigenvalue weighted by Crippen LogP contribution is -2.51. The molecule has 0 saturated heterocycles. The molecule has 2 rings (SSSR count). The van der Waals surface area contributed by atoms with Crippen LogP contribution < -0.4 is 0 Å². The summed E-state index contributed by atoms with van der Waals surface area (Å²) in [4.78, 5) is 9.82. The number of rotatable bonds is 8. The first-order chi connectivity index (χ1) is 11.4. The van der Waals surface area contributed by atoms with Gasteiger partial charge in [-0.25, -0.2) is 4.98 Å². The molecule has 1 N–H and O–H groups in total. The summed E-state index contributed by atoms with van der Waals surface area (Å²) in [5.74, 6) is 0.469. The average molecular weight is 413 g/mol. The highest BCUT2D eigenvalue weighted by Crippen LogP contribution is 2.36. The van der Waals surface area contributed by atoms with Crippen molar-refractivity contribution in [1.82, 2.24) is 14.8 Å². The van der Waals surface area contributed by atoms with E-state index in [1.165, 1.54) is 13.4 Å². The van der Waals surface area contributed by atoms with E-state index in [2.05, 4.69) is 31.2 Å². The van der Waals surface area contributed by atoms with Crippen molar-refractivity contribution in [3.8, 4) is 0 Å². The van der Waals surface area contributed by atoms with Crippen molar-refractivity contribution in [2.75, 3.05) is 12.9 Å². The van der Waals surface area contributed by atoms with Crippen molar-refractivity contribution in [2.24, 2.45) is 10.6 Å². The highest BCUT2D eigenvalue weighted by atomic mass is 79.9. The molecule has 1 aromatic heterocycles. The molecule has 24 heavy (non-hydrogen) atoms. The maximum atomic E-state index is 11.4. The first-order valence-corrected chi connectivity index (χ1v) is 9.15. The van der Waals surface area contributed by atoms with Gasteiger partial charge >= 0.3 is 0 Å². The number of hydrogen-bond donors (Lipinski definition) is 1. The lowest BCUT2D eigenvalue weighted by Gasteiger charge is -2.39. The van der Waals surface area contributed by atoms with E-state index < -0.39 is 11.0 Å². The van der Waals surface area contributed by atoms with Gasteiger partial charge in [-0.3, -0.25) is 4.68 Å². The molecule has 0 spiro atoms. The van der Waals surface area contributed by atoms with Gasteiger partial charge < -0.3 is 9.94 Å². The highest BCUT2D eigenvalue weighted by molar-refractivity contribution is 9.10. The Bertz CT molecular complexity index is 661. The quantitative estimate of drug-likeness (QED) is 0.409. The summed E-state index contributed by atoms with van der Waals surface area (Å²) in [5.41, 5.74) is -1.72. The number of oxime groups is 1. The Balaban J connectivity index is 2.21. The molecule has 1 aromatic carbocycles. The molecule has 0 aliphatic carbocycles. The van der Waals surface area contributed by atoms with Crippen molar-refractivity contribution in [1.29, 1.82) is 0 Å². The van der Waals surface area contributed by atoms with Crippen LogP contribution in [0.2, 0.25) is 0 Å². The van der Waals surface area contributed by atoms with Gasteiger partial charge in [0.25, 0.3) is 0 Å². The second-order valence-electron chi connectivity index (χ2n) is 6.01. The highest BCUT2D eigenvalue weighted by Gasteiger charge is 2.43. The van der Waals surface area contributed by atoms with Crippen LogP contribution in [-0.4, -0.2) is 44.5 Å². The molecule has 8 heteroatoms. The topological polar surface area (TPSA) is 72.5 Å². The lowest BCUT2D eigenvalue weighted by molar-refractivity contribution is -0.0270. The zero-order chi connectivity index (χ0) is 17.6. The minimum Gasteiger partial charge on any atom is -0.399 e. The molecular formula is C16H21BrN4O2S. The fourth-order valence-corrected chi connectivity index (χ4v) is 3.52. The van der Waals surface area contributed by atoms with E-state index in [1.807, 2.05) is 38.1 Å². The third-order valence-corrected chi connectivity index (χ3v) is 5.62. The van der Waals surface area contributed by atoms with E-state index >= 15 is 0 Å². The van der Waals surface area contributed by atoms with Crippen LogP contribution in [0.1, 0.15) is 13.8 Å². The lowest BCUT2D eigenvalue weighted by atomic mass is 9.77. The Hall–Kier alpha value is -1.38. The van der Waals surface area contributed by atoms with Crippen LogP contribution in [-0.2, 0) is 11.4 Å². The molecule has 6 nitrogen and oxygen atoms in total. The minimum absolute atomic E-state index is 0.305. The van der Waals surface area contributed by atoms with Crippen molar-refractivity contribution in [2.45, 2.75) is 30.9 Å². The van der Waals surface area contributed by atoms with Gasteiger partial charge in [0.05, 0.1) is 12.8 Å². The number of aliphatic hydroxyl groups is 1. The van der Waals surface area contributed by atoms with Gasteiger partial charge in [-0.15, -0.1) is 11.8 Å². The van der Waals surface area contributed by atoms with Crippen molar-refractivity contribution in [3.05, 3.63) is 41.4 Å². The normalized spacial score (nSPS) is 14.7. The third-order valence-electron chi connectivity index (χ3n) is 3.86. The molecule has 0 aliphatic heterocycles. The SMILES string of the molecule is CON=CC(C)(C)C(O)(CSc1ccc(Br)cc1)Cn1cncn1. The fraction of sp³-hybridized carbons (Fsp3) is 0.438. The zero-order valence-corrected chi connectivity index (χ0v) is 16.3. The van der Waals surface area contributed by atoms with Gasteiger partial charge in [0.2, 0.25) is 0 Å². The third kappa shape index (κ3) is 4.81. The van der Waals surface area contributed by atoms with Crippen LogP contribution in [0.5, 0.6) is 0 Å². The van der Waals surface area contributed by atoms with Crippen LogP contribution in [0.15, 0.2) is 51.4 Å². The molecule has 1 atom stereocenters. The fourth-order valence-electron chi connectivity index (χ4n) is 2.06. The number of nitrogens with zero attached hydrogens (tertiary/aromatic N) is 4. The smallest absolute Gasteiger partial charge is 0.137 e. The Labute approximate surface area is 154 Å². The maximum absolute atomic E-state index is 11.4. The van der Waals surface area contributed by atoms with Crippen molar-refractivity contribution >= 4 is 33.9 Å². The van der Waals surface area contributed by atoms with Crippen molar-refractivity contribution < 1.29 is 9.94 Å². The van der Waals surface area contributed by atoms with Crippen LogP contribution in [0.3, 0.4) is 0 Å². The Morgan fingerprint density at radius 3 is 2.67 bits per heavy atom. The van der Waals surface area contributed by atoms with E-state index in [1.54, 1.807) is 29.0 Å². The van der Waals surface area contributed by atoms with E-state index in [0.717, 1.165) is 9.37 Å². The second kappa shape index (κ2) is 8.13. The molecule has 0 amide bonds. The van der Waals surface area contributed by atoms with E-state index in [4.69, 9.17) is 4.84 Å².